The van der Waals surface area contributed by atoms with Gasteiger partial charge in [-0.3, -0.25) is 4.79 Å². The SMILES string of the molecule is COc1cccc(/C=C2/SC(=S)NC2=O)c1OCc1ccc(Cl)cc1Cl. The smallest absolute Gasteiger partial charge is 0.263 e. The van der Waals surface area contributed by atoms with Crippen LogP contribution in [0.15, 0.2) is 41.3 Å². The van der Waals surface area contributed by atoms with Crippen molar-refractivity contribution in [3.63, 3.8) is 0 Å². The maximum atomic E-state index is 11.9. The zero-order chi connectivity index (χ0) is 18.7. The molecule has 0 atom stereocenters. The largest absolute Gasteiger partial charge is 0.493 e. The van der Waals surface area contributed by atoms with Crippen molar-refractivity contribution in [2.24, 2.45) is 0 Å². The van der Waals surface area contributed by atoms with E-state index in [0.717, 1.165) is 5.56 Å². The lowest BCUT2D eigenvalue weighted by atomic mass is 10.1. The van der Waals surface area contributed by atoms with Gasteiger partial charge in [0.15, 0.2) is 11.5 Å². The van der Waals surface area contributed by atoms with Crippen molar-refractivity contribution in [2.45, 2.75) is 6.61 Å². The highest BCUT2D eigenvalue weighted by atomic mass is 35.5. The lowest BCUT2D eigenvalue weighted by molar-refractivity contribution is -0.115. The molecule has 0 aliphatic carbocycles. The predicted molar refractivity (Wildman–Crippen MR) is 110 cm³/mol. The molecule has 1 heterocycles. The molecule has 1 aliphatic rings. The highest BCUT2D eigenvalue weighted by Gasteiger charge is 2.23. The van der Waals surface area contributed by atoms with Gasteiger partial charge in [0, 0.05) is 21.2 Å². The number of methoxy groups -OCH3 is 1. The summed E-state index contributed by atoms with van der Waals surface area (Å²) in [5, 5.41) is 3.67. The van der Waals surface area contributed by atoms with Crippen molar-refractivity contribution in [1.29, 1.82) is 0 Å². The molecule has 1 aliphatic heterocycles. The Kier molecular flexibility index (Phi) is 6.09. The molecule has 1 amide bonds. The first-order valence-electron chi connectivity index (χ1n) is 7.46. The second-order valence-electron chi connectivity index (χ2n) is 5.26. The van der Waals surface area contributed by atoms with Crippen molar-refractivity contribution in [3.05, 3.63) is 62.5 Å². The fourth-order valence-corrected chi connectivity index (χ4v) is 3.81. The van der Waals surface area contributed by atoms with Crippen LogP contribution in [0, 0.1) is 0 Å². The summed E-state index contributed by atoms with van der Waals surface area (Å²) in [7, 11) is 1.56. The topological polar surface area (TPSA) is 47.6 Å². The average molecular weight is 426 g/mol. The molecule has 134 valence electrons. The number of hydrogen-bond acceptors (Lipinski definition) is 5. The third-order valence-corrected chi connectivity index (χ3v) is 5.29. The first-order valence-corrected chi connectivity index (χ1v) is 9.44. The van der Waals surface area contributed by atoms with E-state index in [-0.39, 0.29) is 12.5 Å². The molecule has 2 aromatic carbocycles. The summed E-state index contributed by atoms with van der Waals surface area (Å²) in [6.45, 7) is 0.226. The Hall–Kier alpha value is -1.73. The van der Waals surface area contributed by atoms with Gasteiger partial charge in [-0.2, -0.15) is 0 Å². The number of thioether (sulfide) groups is 1. The number of ether oxygens (including phenoxy) is 2. The van der Waals surface area contributed by atoms with Gasteiger partial charge in [-0.15, -0.1) is 0 Å². The second-order valence-corrected chi connectivity index (χ2v) is 7.82. The van der Waals surface area contributed by atoms with Crippen LogP contribution in [-0.4, -0.2) is 17.3 Å². The van der Waals surface area contributed by atoms with Crippen molar-refractivity contribution >= 4 is 63.5 Å². The standard InChI is InChI=1S/C18H13Cl2NO3S2/c1-23-14-4-2-3-10(7-15-17(22)21-18(25)26-15)16(14)24-9-11-5-6-12(19)8-13(11)20/h2-8H,9H2,1H3,(H,21,22,25)/b15-7+. The summed E-state index contributed by atoms with van der Waals surface area (Å²) in [5.74, 6) is 0.838. The molecule has 3 rings (SSSR count). The van der Waals surface area contributed by atoms with Crippen LogP contribution in [0.1, 0.15) is 11.1 Å². The second kappa shape index (κ2) is 8.31. The summed E-state index contributed by atoms with van der Waals surface area (Å²) in [6, 6.07) is 10.7. The van der Waals surface area contributed by atoms with E-state index in [2.05, 4.69) is 5.32 Å². The number of amides is 1. The molecule has 0 aromatic heterocycles. The van der Waals surface area contributed by atoms with Gasteiger partial charge in [0.1, 0.15) is 10.9 Å². The molecule has 1 N–H and O–H groups in total. The first kappa shape index (κ1) is 19.0. The number of hydrogen-bond donors (Lipinski definition) is 1. The Morgan fingerprint density at radius 3 is 2.73 bits per heavy atom. The van der Waals surface area contributed by atoms with Crippen LogP contribution in [0.4, 0.5) is 0 Å². The third kappa shape index (κ3) is 4.32. The van der Waals surface area contributed by atoms with Gasteiger partial charge < -0.3 is 14.8 Å². The van der Waals surface area contributed by atoms with E-state index in [9.17, 15) is 4.79 Å². The van der Waals surface area contributed by atoms with Crippen LogP contribution in [0.25, 0.3) is 6.08 Å². The normalized spacial score (nSPS) is 15.3. The molecule has 8 heteroatoms. The minimum atomic E-state index is -0.227. The van der Waals surface area contributed by atoms with Gasteiger partial charge in [-0.1, -0.05) is 65.4 Å². The van der Waals surface area contributed by atoms with Crippen LogP contribution in [0.3, 0.4) is 0 Å². The molecule has 0 bridgehead atoms. The highest BCUT2D eigenvalue weighted by Crippen LogP contribution is 2.36. The predicted octanol–water partition coefficient (Wildman–Crippen LogP) is 5.07. The molecule has 1 fully saturated rings. The van der Waals surface area contributed by atoms with Gasteiger partial charge in [0.05, 0.1) is 12.0 Å². The third-order valence-electron chi connectivity index (χ3n) is 3.55. The Bertz CT molecular complexity index is 915. The number of halogens is 2. The Morgan fingerprint density at radius 2 is 2.08 bits per heavy atom. The van der Waals surface area contributed by atoms with Crippen LogP contribution >= 0.6 is 47.2 Å². The maximum absolute atomic E-state index is 11.9. The average Bonchev–Trinajstić information content (AvgIpc) is 2.92. The summed E-state index contributed by atoms with van der Waals surface area (Å²) in [6.07, 6.45) is 1.72. The van der Waals surface area contributed by atoms with Crippen molar-refractivity contribution in [1.82, 2.24) is 5.32 Å². The molecule has 0 unspecified atom stereocenters. The molecule has 0 radical (unpaired) electrons. The number of carbonyl (C=O) groups excluding carboxylic acids is 1. The summed E-state index contributed by atoms with van der Waals surface area (Å²) < 4.78 is 11.8. The van der Waals surface area contributed by atoms with Gasteiger partial charge in [0.25, 0.3) is 5.91 Å². The quantitative estimate of drug-likeness (QED) is 0.535. The maximum Gasteiger partial charge on any atom is 0.263 e. The van der Waals surface area contributed by atoms with Gasteiger partial charge >= 0.3 is 0 Å². The van der Waals surface area contributed by atoms with Crippen LogP contribution in [0.2, 0.25) is 10.0 Å². The van der Waals surface area contributed by atoms with E-state index >= 15 is 0 Å². The summed E-state index contributed by atoms with van der Waals surface area (Å²) in [5.41, 5.74) is 1.49. The molecule has 1 saturated heterocycles. The molecule has 4 nitrogen and oxygen atoms in total. The number of thiocarbonyl (C=S) groups is 1. The number of benzene rings is 2. The van der Waals surface area contributed by atoms with Gasteiger partial charge in [0.2, 0.25) is 0 Å². The van der Waals surface area contributed by atoms with Crippen LogP contribution < -0.4 is 14.8 Å². The van der Waals surface area contributed by atoms with E-state index in [0.29, 0.717) is 36.3 Å². The Balaban J connectivity index is 1.91. The number of carbonyl (C=O) groups is 1. The van der Waals surface area contributed by atoms with E-state index < -0.39 is 0 Å². The van der Waals surface area contributed by atoms with Crippen molar-refractivity contribution in [2.75, 3.05) is 7.11 Å². The lowest BCUT2D eigenvalue weighted by Crippen LogP contribution is -2.17. The lowest BCUT2D eigenvalue weighted by Gasteiger charge is -2.14. The number of para-hydroxylation sites is 1. The van der Waals surface area contributed by atoms with Crippen molar-refractivity contribution < 1.29 is 14.3 Å². The summed E-state index contributed by atoms with van der Waals surface area (Å²) >= 11 is 18.4. The fraction of sp³-hybridized carbons (Fsp3) is 0.111. The number of nitrogens with one attached hydrogen (secondary N) is 1. The van der Waals surface area contributed by atoms with E-state index in [4.69, 9.17) is 44.9 Å². The Morgan fingerprint density at radius 1 is 1.27 bits per heavy atom. The van der Waals surface area contributed by atoms with Crippen LogP contribution in [0.5, 0.6) is 11.5 Å². The monoisotopic (exact) mass is 425 g/mol. The van der Waals surface area contributed by atoms with Gasteiger partial charge in [-0.05, 0) is 24.3 Å². The zero-order valence-corrected chi connectivity index (χ0v) is 16.7. The van der Waals surface area contributed by atoms with E-state index in [1.54, 1.807) is 37.5 Å². The zero-order valence-electron chi connectivity index (χ0n) is 13.5. The van der Waals surface area contributed by atoms with Crippen LogP contribution in [-0.2, 0) is 11.4 Å². The molecule has 0 spiro atoms. The van der Waals surface area contributed by atoms with Crippen molar-refractivity contribution in [3.8, 4) is 11.5 Å². The van der Waals surface area contributed by atoms with E-state index in [1.165, 1.54) is 11.8 Å². The highest BCUT2D eigenvalue weighted by molar-refractivity contribution is 8.26. The minimum absolute atomic E-state index is 0.226. The molecular formula is C18H13Cl2NO3S2. The van der Waals surface area contributed by atoms with Gasteiger partial charge in [-0.25, -0.2) is 0 Å². The molecule has 0 saturated carbocycles. The first-order chi connectivity index (χ1) is 12.5. The minimum Gasteiger partial charge on any atom is -0.493 e. The Labute approximate surface area is 170 Å². The number of rotatable bonds is 5. The molecular weight excluding hydrogens is 413 g/mol. The fourth-order valence-electron chi connectivity index (χ4n) is 2.31. The summed E-state index contributed by atoms with van der Waals surface area (Å²) in [4.78, 5) is 12.4. The molecule has 26 heavy (non-hydrogen) atoms. The molecule has 2 aromatic rings. The van der Waals surface area contributed by atoms with E-state index in [1.807, 2.05) is 12.1 Å².